The fourth-order valence-electron chi connectivity index (χ4n) is 3.11. The van der Waals surface area contributed by atoms with E-state index in [0.29, 0.717) is 12.1 Å². The van der Waals surface area contributed by atoms with Crippen molar-refractivity contribution in [1.29, 1.82) is 0 Å². The number of ether oxygens (including phenoxy) is 1. The number of hydrogen-bond acceptors (Lipinski definition) is 6. The molecule has 0 radical (unpaired) electrons. The summed E-state index contributed by atoms with van der Waals surface area (Å²) in [6, 6.07) is 4.27. The molecule has 0 saturated carbocycles. The van der Waals surface area contributed by atoms with Crippen LogP contribution >= 0.6 is 12.6 Å². The number of thiol groups is 1. The van der Waals surface area contributed by atoms with E-state index >= 15 is 0 Å². The molecule has 2 unspecified atom stereocenters. The molecule has 1 aromatic rings. The topological polar surface area (TPSA) is 108 Å². The first-order valence-corrected chi connectivity index (χ1v) is 11.6. The Morgan fingerprint density at radius 2 is 1.75 bits per heavy atom. The van der Waals surface area contributed by atoms with Crippen LogP contribution in [0.1, 0.15) is 65.5 Å². The van der Waals surface area contributed by atoms with Gasteiger partial charge in [0.1, 0.15) is 23.4 Å². The molecule has 0 aliphatic rings. The maximum Gasteiger partial charge on any atom is 0.408 e. The second-order valence-electron chi connectivity index (χ2n) is 8.50. The van der Waals surface area contributed by atoms with Gasteiger partial charge in [-0.25, -0.2) is 4.79 Å². The molecule has 2 atom stereocenters. The highest BCUT2D eigenvalue weighted by Crippen LogP contribution is 2.24. The van der Waals surface area contributed by atoms with E-state index in [4.69, 9.17) is 4.74 Å². The molecule has 0 heterocycles. The largest absolute Gasteiger partial charge is 0.508 e. The van der Waals surface area contributed by atoms with Crippen LogP contribution in [0.25, 0.3) is 0 Å². The summed E-state index contributed by atoms with van der Waals surface area (Å²) in [5.41, 5.74) is -0.160. The van der Waals surface area contributed by atoms with Crippen molar-refractivity contribution in [3.63, 3.8) is 0 Å². The van der Waals surface area contributed by atoms with Gasteiger partial charge in [-0.15, -0.1) is 0 Å². The molecule has 3 amide bonds. The van der Waals surface area contributed by atoms with Crippen LogP contribution in [0, 0.1) is 0 Å². The van der Waals surface area contributed by atoms with E-state index in [2.05, 4.69) is 30.2 Å². The zero-order chi connectivity index (χ0) is 24.3. The minimum absolute atomic E-state index is 0.0367. The van der Waals surface area contributed by atoms with Crippen molar-refractivity contribution in [3.05, 3.63) is 29.8 Å². The molecule has 1 rings (SSSR count). The summed E-state index contributed by atoms with van der Waals surface area (Å²) in [6.45, 7) is 9.75. The quantitative estimate of drug-likeness (QED) is 0.295. The number of unbranched alkanes of at least 4 members (excludes halogenated alkanes) is 2. The van der Waals surface area contributed by atoms with Gasteiger partial charge >= 0.3 is 6.09 Å². The van der Waals surface area contributed by atoms with Crippen LogP contribution in [-0.4, -0.2) is 58.4 Å². The van der Waals surface area contributed by atoms with Crippen molar-refractivity contribution in [3.8, 4) is 5.75 Å². The Balaban J connectivity index is 3.14. The molecular weight excluding hydrogens is 430 g/mol. The molecule has 0 aliphatic heterocycles. The summed E-state index contributed by atoms with van der Waals surface area (Å²) in [6.07, 6.45) is 2.12. The maximum atomic E-state index is 13.3. The lowest BCUT2D eigenvalue weighted by molar-refractivity contribution is -0.141. The van der Waals surface area contributed by atoms with Gasteiger partial charge in [0.05, 0.1) is 0 Å². The molecule has 8 nitrogen and oxygen atoms in total. The van der Waals surface area contributed by atoms with Crippen LogP contribution in [-0.2, 0) is 14.3 Å². The lowest BCUT2D eigenvalue weighted by Crippen LogP contribution is -2.53. The van der Waals surface area contributed by atoms with Gasteiger partial charge in [0, 0.05) is 18.8 Å². The highest BCUT2D eigenvalue weighted by atomic mass is 32.1. The SMILES string of the molecule is CCCCCNC(=O)C(c1ccc(O)cc1)N(CC)C(=O)C(CS)NC(=O)OC(C)(C)C. The maximum absolute atomic E-state index is 13.3. The Labute approximate surface area is 196 Å². The third-order valence-corrected chi connectivity index (χ3v) is 5.01. The second kappa shape index (κ2) is 13.2. The first-order chi connectivity index (χ1) is 15.0. The highest BCUT2D eigenvalue weighted by Gasteiger charge is 2.34. The summed E-state index contributed by atoms with van der Waals surface area (Å²) in [5.74, 6) is -0.674. The molecule has 0 spiro atoms. The van der Waals surface area contributed by atoms with Gasteiger partial charge in [-0.1, -0.05) is 31.9 Å². The predicted octanol–water partition coefficient (Wildman–Crippen LogP) is 3.41. The van der Waals surface area contributed by atoms with Gasteiger partial charge in [-0.05, 0) is 51.8 Å². The molecule has 0 fully saturated rings. The molecule has 1 aromatic carbocycles. The number of likely N-dealkylation sites (N-methyl/N-ethyl adjacent to an activating group) is 1. The van der Waals surface area contributed by atoms with E-state index in [1.54, 1.807) is 39.8 Å². The second-order valence-corrected chi connectivity index (χ2v) is 8.86. The standard InChI is InChI=1S/C23H37N3O5S/c1-6-8-9-14-24-20(28)19(16-10-12-17(27)13-11-16)26(7-2)21(29)18(15-32)25-22(30)31-23(3,4)5/h10-13,18-19,27,32H,6-9,14-15H2,1-5H3,(H,24,28)(H,25,30). The number of phenols is 1. The smallest absolute Gasteiger partial charge is 0.408 e. The Morgan fingerprint density at radius 1 is 1.12 bits per heavy atom. The van der Waals surface area contributed by atoms with E-state index in [0.717, 1.165) is 19.3 Å². The molecule has 0 saturated heterocycles. The first kappa shape index (κ1) is 27.6. The van der Waals surface area contributed by atoms with Gasteiger partial charge in [0.2, 0.25) is 11.8 Å². The van der Waals surface area contributed by atoms with E-state index in [9.17, 15) is 19.5 Å². The zero-order valence-corrected chi connectivity index (χ0v) is 20.6. The van der Waals surface area contributed by atoms with Crippen molar-refractivity contribution >= 4 is 30.5 Å². The minimum Gasteiger partial charge on any atom is -0.508 e. The first-order valence-electron chi connectivity index (χ1n) is 11.0. The van der Waals surface area contributed by atoms with Crippen LogP contribution in [0.15, 0.2) is 24.3 Å². The van der Waals surface area contributed by atoms with Crippen molar-refractivity contribution in [1.82, 2.24) is 15.5 Å². The highest BCUT2D eigenvalue weighted by molar-refractivity contribution is 7.80. The van der Waals surface area contributed by atoms with E-state index in [1.807, 2.05) is 0 Å². The monoisotopic (exact) mass is 467 g/mol. The molecule has 9 heteroatoms. The Morgan fingerprint density at radius 3 is 2.25 bits per heavy atom. The predicted molar refractivity (Wildman–Crippen MR) is 128 cm³/mol. The minimum atomic E-state index is -0.972. The van der Waals surface area contributed by atoms with Crippen LogP contribution in [0.4, 0.5) is 4.79 Å². The van der Waals surface area contributed by atoms with E-state index in [-0.39, 0.29) is 24.0 Å². The van der Waals surface area contributed by atoms with Crippen molar-refractivity contribution in [2.45, 2.75) is 71.6 Å². The number of rotatable bonds is 11. The van der Waals surface area contributed by atoms with Crippen molar-refractivity contribution in [2.24, 2.45) is 0 Å². The summed E-state index contributed by atoms with van der Waals surface area (Å²) >= 11 is 4.22. The molecule has 32 heavy (non-hydrogen) atoms. The van der Waals surface area contributed by atoms with E-state index < -0.39 is 29.7 Å². The lowest BCUT2D eigenvalue weighted by Gasteiger charge is -2.33. The normalized spacial score (nSPS) is 13.1. The molecular formula is C23H37N3O5S. The van der Waals surface area contributed by atoms with Crippen LogP contribution < -0.4 is 10.6 Å². The van der Waals surface area contributed by atoms with E-state index in [1.165, 1.54) is 17.0 Å². The number of nitrogens with one attached hydrogen (secondary N) is 2. The van der Waals surface area contributed by atoms with Gasteiger partial charge in [-0.2, -0.15) is 12.6 Å². The number of hydrogen-bond donors (Lipinski definition) is 4. The number of carbonyl (C=O) groups is 3. The molecule has 0 aliphatic carbocycles. The fourth-order valence-corrected chi connectivity index (χ4v) is 3.36. The fraction of sp³-hybridized carbons (Fsp3) is 0.609. The van der Waals surface area contributed by atoms with Crippen LogP contribution in [0.3, 0.4) is 0 Å². The average molecular weight is 468 g/mol. The number of aromatic hydroxyl groups is 1. The molecule has 3 N–H and O–H groups in total. The summed E-state index contributed by atoms with van der Waals surface area (Å²) < 4.78 is 5.25. The summed E-state index contributed by atoms with van der Waals surface area (Å²) in [5, 5.41) is 15.1. The van der Waals surface area contributed by atoms with Gasteiger partial charge in [-0.3, -0.25) is 9.59 Å². The number of phenolic OH excluding ortho intramolecular Hbond substituents is 1. The van der Waals surface area contributed by atoms with Gasteiger partial charge in [0.15, 0.2) is 0 Å². The Bertz CT molecular complexity index is 749. The molecule has 0 aromatic heterocycles. The molecule has 0 bridgehead atoms. The van der Waals surface area contributed by atoms with Gasteiger partial charge in [0.25, 0.3) is 0 Å². The van der Waals surface area contributed by atoms with Crippen molar-refractivity contribution < 1.29 is 24.2 Å². The zero-order valence-electron chi connectivity index (χ0n) is 19.7. The third kappa shape index (κ3) is 8.98. The number of amides is 3. The Kier molecular flexibility index (Phi) is 11.4. The lowest BCUT2D eigenvalue weighted by atomic mass is 10.0. The number of benzene rings is 1. The van der Waals surface area contributed by atoms with Crippen LogP contribution in [0.2, 0.25) is 0 Å². The van der Waals surface area contributed by atoms with Crippen molar-refractivity contribution in [2.75, 3.05) is 18.8 Å². The average Bonchev–Trinajstić information content (AvgIpc) is 2.72. The number of nitrogens with zero attached hydrogens (tertiary/aromatic N) is 1. The number of alkyl carbamates (subject to hydrolysis) is 1. The summed E-state index contributed by atoms with van der Waals surface area (Å²) in [7, 11) is 0. The summed E-state index contributed by atoms with van der Waals surface area (Å²) in [4.78, 5) is 40.1. The molecule has 180 valence electrons. The number of carbonyl (C=O) groups excluding carboxylic acids is 3. The van der Waals surface area contributed by atoms with Crippen LogP contribution in [0.5, 0.6) is 5.75 Å². The third-order valence-electron chi connectivity index (χ3n) is 4.64. The van der Waals surface area contributed by atoms with Gasteiger partial charge < -0.3 is 25.4 Å². The Hall–Kier alpha value is -2.42.